The Balaban J connectivity index is 1.41. The molecule has 0 saturated carbocycles. The summed E-state index contributed by atoms with van der Waals surface area (Å²) in [6.45, 7) is 5.97. The molecule has 2 heterocycles. The molecule has 0 atom stereocenters. The van der Waals surface area contributed by atoms with Crippen molar-refractivity contribution in [2.45, 2.75) is 26.9 Å². The molecule has 0 N–H and O–H groups in total. The third kappa shape index (κ3) is 4.26. The van der Waals surface area contributed by atoms with E-state index in [0.717, 1.165) is 66.0 Å². The van der Waals surface area contributed by atoms with Gasteiger partial charge in [-0.25, -0.2) is 0 Å². The van der Waals surface area contributed by atoms with Gasteiger partial charge in [-0.2, -0.15) is 13.2 Å². The number of halogens is 3. The molecule has 0 saturated heterocycles. The van der Waals surface area contributed by atoms with E-state index in [-0.39, 0.29) is 5.56 Å². The fraction of sp³-hybridized carbons (Fsp3) is 0.100. The molecule has 0 spiro atoms. The second kappa shape index (κ2) is 9.86. The number of nitrogens with zero attached hydrogens (tertiary/aromatic N) is 2. The number of hydrogen-bond acceptors (Lipinski definition) is 0. The summed E-state index contributed by atoms with van der Waals surface area (Å²) in [5, 5.41) is 4.35. The predicted molar refractivity (Wildman–Crippen MR) is 180 cm³/mol. The van der Waals surface area contributed by atoms with Crippen LogP contribution in [-0.4, -0.2) is 9.13 Å². The Morgan fingerprint density at radius 2 is 0.911 bits per heavy atom. The minimum absolute atomic E-state index is 0.162. The van der Waals surface area contributed by atoms with Gasteiger partial charge < -0.3 is 9.13 Å². The van der Waals surface area contributed by atoms with Crippen LogP contribution in [0.4, 0.5) is 13.2 Å². The number of hydrogen-bond donors (Lipinski definition) is 0. The first-order valence-corrected chi connectivity index (χ1v) is 15.0. The van der Waals surface area contributed by atoms with Crippen LogP contribution in [0.1, 0.15) is 22.3 Å². The number of fused-ring (bicyclic) bond motifs is 6. The maximum atomic E-state index is 14.7. The fourth-order valence-corrected chi connectivity index (χ4v) is 6.90. The predicted octanol–water partition coefficient (Wildman–Crippen LogP) is 11.5. The zero-order valence-corrected chi connectivity index (χ0v) is 25.1. The highest BCUT2D eigenvalue weighted by Crippen LogP contribution is 2.42. The van der Waals surface area contributed by atoms with Gasteiger partial charge in [0.1, 0.15) is 0 Å². The van der Waals surface area contributed by atoms with Crippen molar-refractivity contribution < 1.29 is 13.2 Å². The molecule has 2 aromatic heterocycles. The molecule has 0 aliphatic carbocycles. The van der Waals surface area contributed by atoms with Gasteiger partial charge in [0.05, 0.1) is 27.6 Å². The smallest absolute Gasteiger partial charge is 0.309 e. The van der Waals surface area contributed by atoms with E-state index < -0.39 is 11.7 Å². The van der Waals surface area contributed by atoms with Gasteiger partial charge in [0.25, 0.3) is 0 Å². The van der Waals surface area contributed by atoms with Crippen LogP contribution in [0.5, 0.6) is 0 Å². The van der Waals surface area contributed by atoms with E-state index in [2.05, 4.69) is 70.7 Å². The fourth-order valence-electron chi connectivity index (χ4n) is 6.90. The molecular weight excluding hydrogens is 565 g/mol. The van der Waals surface area contributed by atoms with Gasteiger partial charge in [0.15, 0.2) is 0 Å². The number of rotatable bonds is 3. The van der Waals surface area contributed by atoms with E-state index in [1.165, 1.54) is 6.07 Å². The van der Waals surface area contributed by atoms with Crippen molar-refractivity contribution in [1.82, 2.24) is 9.13 Å². The van der Waals surface area contributed by atoms with E-state index in [4.69, 9.17) is 0 Å². The first-order chi connectivity index (χ1) is 21.7. The molecule has 0 radical (unpaired) electrons. The molecule has 2 nitrogen and oxygen atoms in total. The summed E-state index contributed by atoms with van der Waals surface area (Å²) in [7, 11) is 0. The monoisotopic (exact) mass is 594 g/mol. The van der Waals surface area contributed by atoms with Gasteiger partial charge in [0, 0.05) is 32.9 Å². The Kier molecular flexibility index (Phi) is 5.98. The number of aromatic nitrogens is 2. The third-order valence-corrected chi connectivity index (χ3v) is 8.99. The average molecular weight is 595 g/mol. The first kappa shape index (κ1) is 27.3. The Hall–Kier alpha value is -5.29. The number of benzene rings is 6. The average Bonchev–Trinajstić information content (AvgIpc) is 3.52. The molecule has 0 amide bonds. The molecule has 45 heavy (non-hydrogen) atoms. The second-order valence-electron chi connectivity index (χ2n) is 12.0. The van der Waals surface area contributed by atoms with Gasteiger partial charge in [-0.05, 0) is 103 Å². The molecule has 6 aromatic carbocycles. The summed E-state index contributed by atoms with van der Waals surface area (Å²) in [6.07, 6.45) is -4.53. The van der Waals surface area contributed by atoms with Crippen LogP contribution < -0.4 is 0 Å². The van der Waals surface area contributed by atoms with Gasteiger partial charge >= 0.3 is 6.18 Å². The zero-order chi connectivity index (χ0) is 31.0. The molecular formula is C40H29F3N2. The Labute approximate surface area is 258 Å². The lowest BCUT2D eigenvalue weighted by Gasteiger charge is -2.19. The van der Waals surface area contributed by atoms with Gasteiger partial charge in [-0.15, -0.1) is 0 Å². The van der Waals surface area contributed by atoms with E-state index in [9.17, 15) is 13.2 Å². The van der Waals surface area contributed by atoms with Crippen molar-refractivity contribution in [1.29, 1.82) is 0 Å². The summed E-state index contributed by atoms with van der Waals surface area (Å²) in [4.78, 5) is 0. The topological polar surface area (TPSA) is 9.86 Å². The quantitative estimate of drug-likeness (QED) is 0.193. The zero-order valence-electron chi connectivity index (χ0n) is 25.1. The molecule has 0 bridgehead atoms. The van der Waals surface area contributed by atoms with Crippen molar-refractivity contribution in [3.8, 4) is 22.5 Å². The van der Waals surface area contributed by atoms with Gasteiger partial charge in [0.2, 0.25) is 0 Å². The van der Waals surface area contributed by atoms with Crippen LogP contribution in [0.3, 0.4) is 0 Å². The Bertz CT molecular complexity index is 2460. The van der Waals surface area contributed by atoms with Gasteiger partial charge in [-0.1, -0.05) is 66.7 Å². The van der Waals surface area contributed by atoms with Crippen LogP contribution >= 0.6 is 0 Å². The highest BCUT2D eigenvalue weighted by molar-refractivity contribution is 6.10. The van der Waals surface area contributed by atoms with Crippen LogP contribution in [0.15, 0.2) is 121 Å². The van der Waals surface area contributed by atoms with E-state index in [1.54, 1.807) is 12.1 Å². The van der Waals surface area contributed by atoms with Crippen molar-refractivity contribution in [2.75, 3.05) is 0 Å². The SMILES string of the molecule is Cc1ccc2c3ccccc3n(-c3ccc(C)c(-c4cc(-n5c6ccccc6c6ccc(C)cc65)ccc4C(F)(F)F)c3)c2c1. The van der Waals surface area contributed by atoms with Crippen molar-refractivity contribution >= 4 is 43.6 Å². The van der Waals surface area contributed by atoms with E-state index in [1.807, 2.05) is 62.4 Å². The van der Waals surface area contributed by atoms with Crippen LogP contribution in [0.2, 0.25) is 0 Å². The van der Waals surface area contributed by atoms with Crippen molar-refractivity contribution in [3.05, 3.63) is 144 Å². The highest BCUT2D eigenvalue weighted by Gasteiger charge is 2.34. The molecule has 0 aliphatic heterocycles. The van der Waals surface area contributed by atoms with Crippen LogP contribution in [-0.2, 0) is 6.18 Å². The number of alkyl halides is 3. The molecule has 8 rings (SSSR count). The number of aryl methyl sites for hydroxylation is 3. The summed E-state index contributed by atoms with van der Waals surface area (Å²) in [5.74, 6) is 0. The van der Waals surface area contributed by atoms with Crippen molar-refractivity contribution in [3.63, 3.8) is 0 Å². The Morgan fingerprint density at radius 3 is 1.44 bits per heavy atom. The van der Waals surface area contributed by atoms with Crippen LogP contribution in [0, 0.1) is 20.8 Å². The van der Waals surface area contributed by atoms with Gasteiger partial charge in [-0.3, -0.25) is 0 Å². The first-order valence-electron chi connectivity index (χ1n) is 15.0. The minimum atomic E-state index is -4.53. The standard InChI is InChI=1S/C40H29F3N2/c1-24-12-17-31-29-8-4-6-10-36(29)44(38(31)20-24)27-15-14-26(3)33(22-27)34-23-28(16-19-35(34)40(41,42)43)45-37-11-7-5-9-30(37)32-18-13-25(2)21-39(32)45/h4-23H,1-3H3. The summed E-state index contributed by atoms with van der Waals surface area (Å²) < 4.78 is 48.4. The highest BCUT2D eigenvalue weighted by atomic mass is 19.4. The molecule has 220 valence electrons. The molecule has 5 heteroatoms. The number of para-hydroxylation sites is 2. The maximum absolute atomic E-state index is 14.7. The van der Waals surface area contributed by atoms with Crippen molar-refractivity contribution in [2.24, 2.45) is 0 Å². The molecule has 8 aromatic rings. The summed E-state index contributed by atoms with van der Waals surface area (Å²) >= 11 is 0. The van der Waals surface area contributed by atoms with E-state index in [0.29, 0.717) is 11.3 Å². The summed E-state index contributed by atoms with van der Waals surface area (Å²) in [5.41, 5.74) is 8.50. The molecule has 0 unspecified atom stereocenters. The summed E-state index contributed by atoms with van der Waals surface area (Å²) in [6, 6.07) is 39.2. The lowest BCUT2D eigenvalue weighted by atomic mass is 9.94. The molecule has 0 aliphatic rings. The normalized spacial score (nSPS) is 12.2. The largest absolute Gasteiger partial charge is 0.417 e. The van der Waals surface area contributed by atoms with E-state index >= 15 is 0 Å². The lowest BCUT2D eigenvalue weighted by Crippen LogP contribution is -2.09. The van der Waals surface area contributed by atoms with Crippen LogP contribution in [0.25, 0.3) is 66.1 Å². The minimum Gasteiger partial charge on any atom is -0.309 e. The maximum Gasteiger partial charge on any atom is 0.417 e. The molecule has 0 fully saturated rings. The second-order valence-corrected chi connectivity index (χ2v) is 12.0. The third-order valence-electron chi connectivity index (χ3n) is 8.99. The lowest BCUT2D eigenvalue weighted by molar-refractivity contribution is -0.137. The Morgan fingerprint density at radius 1 is 0.444 bits per heavy atom.